The molecule has 0 unspecified atom stereocenters. The van der Waals surface area contributed by atoms with Crippen LogP contribution in [0.25, 0.3) is 0 Å². The Morgan fingerprint density at radius 1 is 0.828 bits per heavy atom. The molecule has 58 heavy (non-hydrogen) atoms. The molecular weight excluding hydrogens is 799 g/mol. The molecular formula is C45H41Cl3N4O6. The molecule has 0 aromatic heterocycles. The number of phenols is 1. The van der Waals surface area contributed by atoms with Crippen molar-refractivity contribution in [2.75, 3.05) is 25.6 Å². The van der Waals surface area contributed by atoms with Gasteiger partial charge in [0.25, 0.3) is 11.8 Å². The number of aromatic hydroxyl groups is 1. The monoisotopic (exact) mass is 838 g/mol. The molecule has 2 aliphatic carbocycles. The minimum atomic E-state index is -1.62. The van der Waals surface area contributed by atoms with Crippen LogP contribution in [-0.2, 0) is 31.1 Å². The summed E-state index contributed by atoms with van der Waals surface area (Å²) in [5.74, 6) is -5.02. The average molecular weight is 840 g/mol. The standard InChI is InChI=1S/C45H41Cl3N4O6/c1-58-30-11-7-26(8-12-30)45-35(42(55)52(44(45)57)49-37-15-9-28(47)22-36(37)48)23-33-31(40(45)34-21-27(46)10-16-38(34)53)13-14-32-39(33)43(56)51(41(32)54)29-17-19-50(20-18-29)24-25-5-3-2-4-6-25/h2-13,15-16,21-22,29,32-33,35,39-40,49,53H,14,17-20,23-24H2,1H3/t32-,33+,35-,39-,40+,45+/m0/s1. The number of likely N-dealkylation sites (tertiary alicyclic amines) is 2. The van der Waals surface area contributed by atoms with Gasteiger partial charge in [-0.05, 0) is 91.3 Å². The number of phenolic OH excluding ortho intramolecular Hbond substituents is 1. The number of hydrogen-bond donors (Lipinski definition) is 2. The Labute approximate surface area is 351 Å². The van der Waals surface area contributed by atoms with E-state index in [1.807, 2.05) is 24.3 Å². The molecule has 4 aromatic carbocycles. The summed E-state index contributed by atoms with van der Waals surface area (Å²) < 4.78 is 5.48. The van der Waals surface area contributed by atoms with Crippen LogP contribution in [0.3, 0.4) is 0 Å². The molecule has 3 aliphatic heterocycles. The lowest BCUT2D eigenvalue weighted by molar-refractivity contribution is -0.144. The molecule has 13 heteroatoms. The number of piperidine rings is 1. The van der Waals surface area contributed by atoms with E-state index in [9.17, 15) is 14.7 Å². The van der Waals surface area contributed by atoms with Crippen molar-refractivity contribution in [3.63, 3.8) is 0 Å². The number of hydrogen-bond acceptors (Lipinski definition) is 8. The number of carbonyl (C=O) groups excluding carboxylic acids is 4. The first kappa shape index (κ1) is 38.6. The van der Waals surface area contributed by atoms with Crippen LogP contribution in [0.4, 0.5) is 5.69 Å². The second-order valence-corrected chi connectivity index (χ2v) is 17.2. The number of hydrazine groups is 1. The van der Waals surface area contributed by atoms with Gasteiger partial charge in [-0.2, -0.15) is 5.01 Å². The largest absolute Gasteiger partial charge is 0.508 e. The van der Waals surface area contributed by atoms with Crippen molar-refractivity contribution in [3.8, 4) is 11.5 Å². The van der Waals surface area contributed by atoms with Crippen molar-refractivity contribution in [1.29, 1.82) is 0 Å². The number of fused-ring (bicyclic) bond motifs is 4. The molecule has 0 radical (unpaired) electrons. The van der Waals surface area contributed by atoms with E-state index in [1.165, 1.54) is 22.6 Å². The van der Waals surface area contributed by atoms with Crippen molar-refractivity contribution in [3.05, 3.63) is 134 Å². The van der Waals surface area contributed by atoms with Gasteiger partial charge >= 0.3 is 0 Å². The van der Waals surface area contributed by atoms with Crippen LogP contribution in [0.1, 0.15) is 48.3 Å². The highest BCUT2D eigenvalue weighted by molar-refractivity contribution is 6.36. The van der Waals surface area contributed by atoms with Gasteiger partial charge in [0.1, 0.15) is 11.5 Å². The van der Waals surface area contributed by atoms with Crippen LogP contribution < -0.4 is 10.2 Å². The molecule has 4 amide bonds. The molecule has 3 heterocycles. The third-order valence-corrected chi connectivity index (χ3v) is 13.9. The Balaban J connectivity index is 1.13. The number of halogens is 3. The SMILES string of the molecule is COc1ccc([C@@]23C(=O)N(Nc4ccc(Cl)cc4Cl)C(=O)[C@@H]2C[C@@H]2C(=CC[C@@H]4C(=O)N(C5CCN(Cc6ccccc6)CC5)C(=O)[C@@H]42)[C@@H]3c2cc(Cl)ccc2O)cc1. The summed E-state index contributed by atoms with van der Waals surface area (Å²) in [6.07, 6.45) is 3.68. The lowest BCUT2D eigenvalue weighted by Gasteiger charge is -2.50. The molecule has 298 valence electrons. The highest BCUT2D eigenvalue weighted by Crippen LogP contribution is 2.65. The van der Waals surface area contributed by atoms with Crippen LogP contribution in [0.15, 0.2) is 103 Å². The van der Waals surface area contributed by atoms with E-state index in [2.05, 4.69) is 22.5 Å². The third-order valence-electron chi connectivity index (χ3n) is 13.1. The van der Waals surface area contributed by atoms with Crippen molar-refractivity contribution >= 4 is 64.1 Å². The van der Waals surface area contributed by atoms with Gasteiger partial charge in [0.05, 0.1) is 41.0 Å². The van der Waals surface area contributed by atoms with Gasteiger partial charge in [-0.15, -0.1) is 0 Å². The molecule has 3 saturated heterocycles. The van der Waals surface area contributed by atoms with Gasteiger partial charge in [-0.3, -0.25) is 34.4 Å². The number of methoxy groups -OCH3 is 1. The molecule has 0 spiro atoms. The summed E-state index contributed by atoms with van der Waals surface area (Å²) in [6.45, 7) is 2.30. The average Bonchev–Trinajstić information content (AvgIpc) is 3.61. The maximum Gasteiger partial charge on any atom is 0.260 e. The summed E-state index contributed by atoms with van der Waals surface area (Å²) >= 11 is 19.4. The predicted octanol–water partition coefficient (Wildman–Crippen LogP) is 8.01. The molecule has 10 nitrogen and oxygen atoms in total. The van der Waals surface area contributed by atoms with Gasteiger partial charge in [0, 0.05) is 47.2 Å². The zero-order valence-corrected chi connectivity index (χ0v) is 33.9. The Kier molecular flexibility index (Phi) is 10.0. The van der Waals surface area contributed by atoms with E-state index >= 15 is 9.59 Å². The fraction of sp³-hybridized carbons (Fsp3) is 0.333. The van der Waals surface area contributed by atoms with Gasteiger partial charge in [-0.25, -0.2) is 0 Å². The Morgan fingerprint density at radius 2 is 1.53 bits per heavy atom. The van der Waals surface area contributed by atoms with Gasteiger partial charge < -0.3 is 9.84 Å². The Morgan fingerprint density at radius 3 is 2.24 bits per heavy atom. The third kappa shape index (κ3) is 6.19. The highest BCUT2D eigenvalue weighted by atomic mass is 35.5. The van der Waals surface area contributed by atoms with E-state index < -0.39 is 46.8 Å². The first-order valence-electron chi connectivity index (χ1n) is 19.6. The summed E-state index contributed by atoms with van der Waals surface area (Å²) in [5, 5.41) is 13.6. The second-order valence-electron chi connectivity index (χ2n) is 16.0. The van der Waals surface area contributed by atoms with Crippen LogP contribution >= 0.6 is 34.8 Å². The van der Waals surface area contributed by atoms with Crippen molar-refractivity contribution in [2.45, 2.75) is 49.6 Å². The topological polar surface area (TPSA) is 119 Å². The lowest BCUT2D eigenvalue weighted by Crippen LogP contribution is -2.53. The number of ether oxygens (including phenoxy) is 1. The minimum Gasteiger partial charge on any atom is -0.508 e. The quantitative estimate of drug-likeness (QED) is 0.135. The lowest BCUT2D eigenvalue weighted by atomic mass is 9.49. The number of rotatable bonds is 8. The summed E-state index contributed by atoms with van der Waals surface area (Å²) in [7, 11) is 1.54. The van der Waals surface area contributed by atoms with Crippen LogP contribution in [0.2, 0.25) is 15.1 Å². The zero-order chi connectivity index (χ0) is 40.5. The van der Waals surface area contributed by atoms with Crippen LogP contribution in [0, 0.1) is 23.7 Å². The van der Waals surface area contributed by atoms with E-state index in [0.29, 0.717) is 39.8 Å². The van der Waals surface area contributed by atoms with Gasteiger partial charge in [0.15, 0.2) is 0 Å². The summed E-state index contributed by atoms with van der Waals surface area (Å²) in [4.78, 5) is 63.6. The molecule has 9 rings (SSSR count). The van der Waals surface area contributed by atoms with E-state index in [0.717, 1.165) is 30.2 Å². The van der Waals surface area contributed by atoms with Crippen LogP contribution in [-0.4, -0.2) is 69.8 Å². The highest BCUT2D eigenvalue weighted by Gasteiger charge is 2.71. The number of amides is 4. The molecule has 0 bridgehead atoms. The number of nitrogens with one attached hydrogen (secondary N) is 1. The van der Waals surface area contributed by atoms with Gasteiger partial charge in [0.2, 0.25) is 11.8 Å². The number of imide groups is 2. The fourth-order valence-electron chi connectivity index (χ4n) is 10.5. The molecule has 1 saturated carbocycles. The smallest absolute Gasteiger partial charge is 0.260 e. The Bertz CT molecular complexity index is 2350. The predicted molar refractivity (Wildman–Crippen MR) is 220 cm³/mol. The number of nitrogens with zero attached hydrogens (tertiary/aromatic N) is 3. The second kappa shape index (κ2) is 15.1. The van der Waals surface area contributed by atoms with Gasteiger partial charge in [-0.1, -0.05) is 88.9 Å². The van der Waals surface area contributed by atoms with E-state index in [4.69, 9.17) is 39.5 Å². The van der Waals surface area contributed by atoms with E-state index in [-0.39, 0.29) is 47.2 Å². The maximum atomic E-state index is 15.5. The molecule has 5 aliphatic rings. The molecule has 4 aromatic rings. The normalized spacial score (nSPS) is 27.3. The number of anilines is 1. The number of carbonyl (C=O) groups is 4. The summed E-state index contributed by atoms with van der Waals surface area (Å²) in [6, 6.07) is 26.4. The first-order valence-corrected chi connectivity index (χ1v) is 20.7. The molecule has 4 fully saturated rings. The summed E-state index contributed by atoms with van der Waals surface area (Å²) in [5.41, 5.74) is 4.46. The minimum absolute atomic E-state index is 0.107. The van der Waals surface area contributed by atoms with E-state index in [1.54, 1.807) is 55.6 Å². The maximum absolute atomic E-state index is 15.5. The number of allylic oxidation sites excluding steroid dienone is 2. The van der Waals surface area contributed by atoms with Crippen molar-refractivity contribution in [1.82, 2.24) is 14.8 Å². The Hall–Kier alpha value is -4.87. The van der Waals surface area contributed by atoms with Crippen molar-refractivity contribution < 1.29 is 29.0 Å². The molecule has 6 atom stereocenters. The first-order chi connectivity index (χ1) is 28.0. The van der Waals surface area contributed by atoms with Crippen LogP contribution in [0.5, 0.6) is 11.5 Å². The fourth-order valence-corrected chi connectivity index (χ4v) is 11.1. The number of benzene rings is 4. The molecule has 2 N–H and O–H groups in total. The van der Waals surface area contributed by atoms with Crippen molar-refractivity contribution in [2.24, 2.45) is 23.7 Å². The zero-order valence-electron chi connectivity index (χ0n) is 31.6.